The number of amides is 2. The molecule has 1 heterocycles. The minimum absolute atomic E-state index is 0.0586. The second-order valence-corrected chi connectivity index (χ2v) is 7.81. The van der Waals surface area contributed by atoms with Gasteiger partial charge in [0.1, 0.15) is 5.75 Å². The second-order valence-electron chi connectivity index (χ2n) is 7.81. The first-order chi connectivity index (χ1) is 16.6. The number of nitrogens with one attached hydrogen (secondary N) is 2. The monoisotopic (exact) mass is 484 g/mol. The molecule has 2 amide bonds. The van der Waals surface area contributed by atoms with Crippen LogP contribution >= 0.6 is 0 Å². The van der Waals surface area contributed by atoms with Crippen molar-refractivity contribution in [1.82, 2.24) is 0 Å². The molecule has 7 nitrogen and oxygen atoms in total. The van der Waals surface area contributed by atoms with Crippen molar-refractivity contribution in [3.8, 4) is 16.9 Å². The van der Waals surface area contributed by atoms with Gasteiger partial charge in [-0.25, -0.2) is 4.79 Å². The van der Waals surface area contributed by atoms with E-state index in [9.17, 15) is 27.6 Å². The van der Waals surface area contributed by atoms with E-state index in [1.165, 1.54) is 31.2 Å². The van der Waals surface area contributed by atoms with E-state index in [0.717, 1.165) is 0 Å². The van der Waals surface area contributed by atoms with Crippen LogP contribution in [0.5, 0.6) is 5.75 Å². The van der Waals surface area contributed by atoms with Crippen LogP contribution in [0.1, 0.15) is 12.5 Å². The first-order valence-electron chi connectivity index (χ1n) is 10.4. The quantitative estimate of drug-likeness (QED) is 0.312. The maximum atomic E-state index is 13.3. The summed E-state index contributed by atoms with van der Waals surface area (Å²) in [6.07, 6.45) is -5.96. The molecule has 180 valence electrons. The van der Waals surface area contributed by atoms with E-state index in [2.05, 4.69) is 15.4 Å². The first-order valence-corrected chi connectivity index (χ1v) is 10.4. The van der Waals surface area contributed by atoms with Crippen LogP contribution in [0.15, 0.2) is 72.8 Å². The highest BCUT2D eigenvalue weighted by molar-refractivity contribution is 6.13. The summed E-state index contributed by atoms with van der Waals surface area (Å²) in [5, 5.41) is 5.05. The molecule has 0 fully saturated rings. The maximum Gasteiger partial charge on any atom is 0.524 e. The molecule has 3 aromatic rings. The van der Waals surface area contributed by atoms with Crippen molar-refractivity contribution in [1.29, 1.82) is 0 Å². The summed E-state index contributed by atoms with van der Waals surface area (Å²) >= 11 is 0. The minimum atomic E-state index is -5.29. The van der Waals surface area contributed by atoms with E-state index in [-0.39, 0.29) is 22.9 Å². The van der Waals surface area contributed by atoms with E-state index in [0.29, 0.717) is 16.8 Å². The lowest BCUT2D eigenvalue weighted by Gasteiger charge is -2.34. The van der Waals surface area contributed by atoms with Crippen molar-refractivity contribution in [2.75, 3.05) is 10.6 Å². The Hall–Kier alpha value is -4.18. The molecule has 0 aromatic heterocycles. The number of carbonyl (C=O) groups excluding carboxylic acids is 3. The Bertz CT molecular complexity index is 1310. The number of hydrogen-bond donors (Lipinski definition) is 2. The molecule has 3 aromatic carbocycles. The van der Waals surface area contributed by atoms with Gasteiger partial charge in [0.2, 0.25) is 5.91 Å². The molecule has 2 N–H and O–H groups in total. The smallest absolute Gasteiger partial charge is 0.424 e. The fraction of sp³-hybridized carbons (Fsp3) is 0.160. The zero-order chi connectivity index (χ0) is 25.2. The summed E-state index contributed by atoms with van der Waals surface area (Å²) in [7, 11) is 0. The third kappa shape index (κ3) is 5.17. The Balaban J connectivity index is 1.68. The van der Waals surface area contributed by atoms with Crippen molar-refractivity contribution in [3.63, 3.8) is 0 Å². The van der Waals surface area contributed by atoms with Gasteiger partial charge in [0.15, 0.2) is 0 Å². The standard InChI is InChI=1S/C25H19F3N2O5/c1-15(31)29-20-11-4-3-10-19(20)16-8-6-9-18(13-16)30-22(32)24(35-25(26,27)28)14-17-7-2-5-12-21(17)34-23(24)33/h2-13H,14H2,1H3,(H,29,31)(H,30,32). The lowest BCUT2D eigenvalue weighted by molar-refractivity contribution is -0.355. The molecule has 10 heteroatoms. The van der Waals surface area contributed by atoms with Crippen molar-refractivity contribution in [2.24, 2.45) is 0 Å². The van der Waals surface area contributed by atoms with Gasteiger partial charge in [0, 0.05) is 30.3 Å². The van der Waals surface area contributed by atoms with Crippen LogP contribution in [0, 0.1) is 0 Å². The summed E-state index contributed by atoms with van der Waals surface area (Å²) in [5.74, 6) is -3.03. The van der Waals surface area contributed by atoms with Gasteiger partial charge in [-0.2, -0.15) is 0 Å². The van der Waals surface area contributed by atoms with Crippen LogP contribution in [-0.2, 0) is 25.5 Å². The van der Waals surface area contributed by atoms with Crippen LogP contribution in [-0.4, -0.2) is 29.7 Å². The summed E-state index contributed by atoms with van der Waals surface area (Å²) in [4.78, 5) is 37.4. The fourth-order valence-electron chi connectivity index (χ4n) is 3.80. The van der Waals surface area contributed by atoms with Crippen molar-refractivity contribution >= 4 is 29.2 Å². The summed E-state index contributed by atoms with van der Waals surface area (Å²) in [6.45, 7) is 1.36. The molecule has 1 aliphatic heterocycles. The number of halogens is 3. The first kappa shape index (κ1) is 24.0. The SMILES string of the molecule is CC(=O)Nc1ccccc1-c1cccc(NC(=O)C2(OC(F)(F)F)Cc3ccccc3OC2=O)c1. The molecule has 1 aliphatic rings. The molecule has 0 spiro atoms. The summed E-state index contributed by atoms with van der Waals surface area (Å²) < 4.78 is 49.1. The third-order valence-corrected chi connectivity index (χ3v) is 5.27. The zero-order valence-corrected chi connectivity index (χ0v) is 18.3. The van der Waals surface area contributed by atoms with E-state index >= 15 is 0 Å². The summed E-state index contributed by atoms with van der Waals surface area (Å²) in [5.41, 5.74) is -0.962. The molecular weight excluding hydrogens is 465 g/mol. The van der Waals surface area contributed by atoms with Crippen molar-refractivity contribution in [3.05, 3.63) is 78.4 Å². The average Bonchev–Trinajstić information content (AvgIpc) is 2.78. The van der Waals surface area contributed by atoms with Crippen LogP contribution in [0.25, 0.3) is 11.1 Å². The van der Waals surface area contributed by atoms with Crippen molar-refractivity contribution in [2.45, 2.75) is 25.3 Å². The Morgan fingerprint density at radius 1 is 0.971 bits per heavy atom. The van der Waals surface area contributed by atoms with Gasteiger partial charge in [0.25, 0.3) is 11.5 Å². The predicted molar refractivity (Wildman–Crippen MR) is 120 cm³/mol. The lowest BCUT2D eigenvalue weighted by atomic mass is 9.90. The number of rotatable bonds is 5. The number of benzene rings is 3. The molecule has 0 bridgehead atoms. The van der Waals surface area contributed by atoms with Crippen molar-refractivity contribution < 1.29 is 37.0 Å². The van der Waals surface area contributed by atoms with Gasteiger partial charge in [-0.3, -0.25) is 14.3 Å². The normalized spacial score (nSPS) is 17.2. The molecule has 35 heavy (non-hydrogen) atoms. The van der Waals surface area contributed by atoms with E-state index in [1.807, 2.05) is 0 Å². The highest BCUT2D eigenvalue weighted by Gasteiger charge is 2.58. The van der Waals surface area contributed by atoms with E-state index in [1.54, 1.807) is 48.5 Å². The number of carbonyl (C=O) groups is 3. The molecule has 1 unspecified atom stereocenters. The average molecular weight is 484 g/mol. The number of anilines is 2. The lowest BCUT2D eigenvalue weighted by Crippen LogP contribution is -2.59. The Morgan fingerprint density at radius 3 is 2.43 bits per heavy atom. The number of alkyl halides is 3. The Morgan fingerprint density at radius 2 is 1.69 bits per heavy atom. The molecule has 4 rings (SSSR count). The number of fused-ring (bicyclic) bond motifs is 1. The number of hydrogen-bond acceptors (Lipinski definition) is 5. The molecule has 0 aliphatic carbocycles. The minimum Gasteiger partial charge on any atom is -0.424 e. The maximum absolute atomic E-state index is 13.3. The van der Waals surface area contributed by atoms with E-state index < -0.39 is 30.3 Å². The third-order valence-electron chi connectivity index (χ3n) is 5.27. The van der Waals surface area contributed by atoms with Crippen LogP contribution in [0.3, 0.4) is 0 Å². The molecule has 1 atom stereocenters. The van der Waals surface area contributed by atoms with Gasteiger partial charge < -0.3 is 15.4 Å². The molecular formula is C25H19F3N2O5. The molecule has 0 saturated carbocycles. The topological polar surface area (TPSA) is 93.7 Å². The molecule has 0 saturated heterocycles. The van der Waals surface area contributed by atoms with Gasteiger partial charge in [-0.05, 0) is 35.4 Å². The number of para-hydroxylation sites is 2. The van der Waals surface area contributed by atoms with Gasteiger partial charge in [0.05, 0.1) is 0 Å². The number of ether oxygens (including phenoxy) is 2. The largest absolute Gasteiger partial charge is 0.524 e. The highest BCUT2D eigenvalue weighted by Crippen LogP contribution is 2.38. The second kappa shape index (κ2) is 9.22. The van der Waals surface area contributed by atoms with Crippen LogP contribution < -0.4 is 15.4 Å². The highest BCUT2D eigenvalue weighted by atomic mass is 19.4. The fourth-order valence-corrected chi connectivity index (χ4v) is 3.80. The van der Waals surface area contributed by atoms with Gasteiger partial charge in [-0.15, -0.1) is 13.2 Å². The zero-order valence-electron chi connectivity index (χ0n) is 18.3. The number of esters is 1. The van der Waals surface area contributed by atoms with Crippen LogP contribution in [0.2, 0.25) is 0 Å². The summed E-state index contributed by atoms with van der Waals surface area (Å²) in [6, 6.07) is 19.1. The molecule has 0 radical (unpaired) electrons. The Labute approximate surface area is 197 Å². The van der Waals surface area contributed by atoms with Crippen LogP contribution in [0.4, 0.5) is 24.5 Å². The van der Waals surface area contributed by atoms with Gasteiger partial charge >= 0.3 is 12.3 Å². The van der Waals surface area contributed by atoms with E-state index in [4.69, 9.17) is 4.74 Å². The predicted octanol–water partition coefficient (Wildman–Crippen LogP) is 4.69. The van der Waals surface area contributed by atoms with Gasteiger partial charge in [-0.1, -0.05) is 48.5 Å². The Kier molecular flexibility index (Phi) is 6.31.